The lowest BCUT2D eigenvalue weighted by molar-refractivity contribution is -0.120. The van der Waals surface area contributed by atoms with Crippen LogP contribution in [0.15, 0.2) is 53.1 Å². The molecule has 20 heavy (non-hydrogen) atoms. The van der Waals surface area contributed by atoms with Crippen molar-refractivity contribution in [2.24, 2.45) is 0 Å². The van der Waals surface area contributed by atoms with Crippen molar-refractivity contribution in [2.75, 3.05) is 25.0 Å². The van der Waals surface area contributed by atoms with Crippen LogP contribution in [0, 0.1) is 0 Å². The molecule has 2 N–H and O–H groups in total. The Morgan fingerprint density at radius 3 is 2.70 bits per heavy atom. The number of benzene rings is 1. The molecular weight excluding hydrogens is 256 g/mol. The average Bonchev–Trinajstić information content (AvgIpc) is 3.00. The molecule has 0 fully saturated rings. The number of nitrogens with zero attached hydrogens (tertiary/aromatic N) is 1. The van der Waals surface area contributed by atoms with Gasteiger partial charge in [0.25, 0.3) is 0 Å². The Hall–Kier alpha value is -2.27. The summed E-state index contributed by atoms with van der Waals surface area (Å²) in [6.45, 7) is 0.365. The minimum Gasteiger partial charge on any atom is -0.467 e. The van der Waals surface area contributed by atoms with E-state index in [1.807, 2.05) is 42.3 Å². The zero-order valence-electron chi connectivity index (χ0n) is 11.3. The summed E-state index contributed by atoms with van der Waals surface area (Å²) in [4.78, 5) is 13.6. The fraction of sp³-hybridized carbons (Fsp3) is 0.267. The van der Waals surface area contributed by atoms with Gasteiger partial charge in [-0.2, -0.15) is 0 Å². The molecule has 2 aromatic rings. The molecule has 5 heteroatoms. The molecule has 1 unspecified atom stereocenters. The summed E-state index contributed by atoms with van der Waals surface area (Å²) in [5.74, 6) is 0.295. The number of likely N-dealkylation sites (N-methyl/N-ethyl adjacent to an activating group) is 1. The number of rotatable bonds is 6. The fourth-order valence-corrected chi connectivity index (χ4v) is 1.84. The van der Waals surface area contributed by atoms with Crippen LogP contribution in [0.4, 0.5) is 5.69 Å². The van der Waals surface area contributed by atoms with E-state index in [-0.39, 0.29) is 19.0 Å². The highest BCUT2D eigenvalue weighted by Crippen LogP contribution is 2.12. The second kappa shape index (κ2) is 6.77. The van der Waals surface area contributed by atoms with Gasteiger partial charge in [-0.1, -0.05) is 18.2 Å². The van der Waals surface area contributed by atoms with Crippen molar-refractivity contribution in [3.8, 4) is 0 Å². The van der Waals surface area contributed by atoms with Gasteiger partial charge < -0.3 is 19.7 Å². The minimum atomic E-state index is -0.823. The molecule has 1 aromatic heterocycles. The second-order valence-electron chi connectivity index (χ2n) is 4.53. The smallest absolute Gasteiger partial charge is 0.239 e. The quantitative estimate of drug-likeness (QED) is 0.839. The largest absolute Gasteiger partial charge is 0.467 e. The Labute approximate surface area is 117 Å². The van der Waals surface area contributed by atoms with Gasteiger partial charge in [0, 0.05) is 12.7 Å². The molecule has 0 saturated carbocycles. The van der Waals surface area contributed by atoms with E-state index >= 15 is 0 Å². The Balaban J connectivity index is 1.78. The number of aliphatic hydroxyl groups excluding tert-OH is 1. The lowest BCUT2D eigenvalue weighted by atomic mass is 10.2. The SMILES string of the molecule is CN(CC(=O)NCC(O)c1ccco1)c1ccccc1. The molecule has 1 heterocycles. The highest BCUT2D eigenvalue weighted by molar-refractivity contribution is 5.81. The van der Waals surface area contributed by atoms with Crippen LogP contribution in [0.2, 0.25) is 0 Å². The fourth-order valence-electron chi connectivity index (χ4n) is 1.84. The molecule has 1 amide bonds. The van der Waals surface area contributed by atoms with E-state index in [1.165, 1.54) is 6.26 Å². The van der Waals surface area contributed by atoms with Crippen LogP contribution in [0.3, 0.4) is 0 Å². The predicted octanol–water partition coefficient (Wildman–Crippen LogP) is 1.57. The third-order valence-corrected chi connectivity index (χ3v) is 2.94. The number of aliphatic hydroxyl groups is 1. The topological polar surface area (TPSA) is 65.7 Å². The van der Waals surface area contributed by atoms with Crippen LogP contribution in [0.5, 0.6) is 0 Å². The van der Waals surface area contributed by atoms with Gasteiger partial charge in [-0.15, -0.1) is 0 Å². The van der Waals surface area contributed by atoms with Crippen LogP contribution in [-0.4, -0.2) is 31.2 Å². The predicted molar refractivity (Wildman–Crippen MR) is 76.4 cm³/mol. The van der Waals surface area contributed by atoms with Crippen molar-refractivity contribution in [1.29, 1.82) is 0 Å². The number of furan rings is 1. The van der Waals surface area contributed by atoms with Crippen LogP contribution in [-0.2, 0) is 4.79 Å². The number of hydrogen-bond donors (Lipinski definition) is 2. The van der Waals surface area contributed by atoms with E-state index in [0.29, 0.717) is 5.76 Å². The maximum atomic E-state index is 11.8. The molecule has 0 spiro atoms. The molecule has 2 rings (SSSR count). The number of amides is 1. The normalized spacial score (nSPS) is 11.9. The summed E-state index contributed by atoms with van der Waals surface area (Å²) in [5.41, 5.74) is 0.967. The third-order valence-electron chi connectivity index (χ3n) is 2.94. The van der Waals surface area contributed by atoms with Gasteiger partial charge in [-0.25, -0.2) is 0 Å². The van der Waals surface area contributed by atoms with Gasteiger partial charge in [-0.05, 0) is 24.3 Å². The molecule has 0 aliphatic rings. The lowest BCUT2D eigenvalue weighted by Gasteiger charge is -2.19. The summed E-state index contributed by atoms with van der Waals surface area (Å²) in [5, 5.41) is 12.5. The Kier molecular flexibility index (Phi) is 4.79. The van der Waals surface area contributed by atoms with E-state index in [4.69, 9.17) is 4.42 Å². The lowest BCUT2D eigenvalue weighted by Crippen LogP contribution is -2.37. The summed E-state index contributed by atoms with van der Waals surface area (Å²) >= 11 is 0. The third kappa shape index (κ3) is 3.86. The van der Waals surface area contributed by atoms with Crippen molar-refractivity contribution in [3.63, 3.8) is 0 Å². The summed E-state index contributed by atoms with van der Waals surface area (Å²) in [6.07, 6.45) is 0.666. The van der Waals surface area contributed by atoms with E-state index in [0.717, 1.165) is 5.69 Å². The Morgan fingerprint density at radius 2 is 2.05 bits per heavy atom. The van der Waals surface area contributed by atoms with E-state index in [1.54, 1.807) is 12.1 Å². The van der Waals surface area contributed by atoms with Crippen molar-refractivity contribution in [2.45, 2.75) is 6.10 Å². The number of nitrogens with one attached hydrogen (secondary N) is 1. The Bertz CT molecular complexity index is 525. The summed E-state index contributed by atoms with van der Waals surface area (Å²) in [6, 6.07) is 13.0. The van der Waals surface area contributed by atoms with Crippen molar-refractivity contribution in [3.05, 3.63) is 54.5 Å². The molecule has 0 radical (unpaired) electrons. The van der Waals surface area contributed by atoms with Gasteiger partial charge in [0.15, 0.2) is 0 Å². The maximum Gasteiger partial charge on any atom is 0.239 e. The molecule has 1 aromatic carbocycles. The first-order valence-corrected chi connectivity index (χ1v) is 6.41. The zero-order chi connectivity index (χ0) is 14.4. The second-order valence-corrected chi connectivity index (χ2v) is 4.53. The molecule has 0 saturated heterocycles. The molecule has 106 valence electrons. The van der Waals surface area contributed by atoms with E-state index in [2.05, 4.69) is 5.32 Å². The number of carbonyl (C=O) groups excluding carboxylic acids is 1. The molecule has 1 atom stereocenters. The first-order valence-electron chi connectivity index (χ1n) is 6.41. The summed E-state index contributed by atoms with van der Waals surface area (Å²) in [7, 11) is 1.85. The molecular formula is C15H18N2O3. The molecule has 0 aliphatic carbocycles. The van der Waals surface area contributed by atoms with E-state index < -0.39 is 6.10 Å². The van der Waals surface area contributed by atoms with Crippen LogP contribution >= 0.6 is 0 Å². The first kappa shape index (κ1) is 14.1. The number of carbonyl (C=O) groups is 1. The van der Waals surface area contributed by atoms with Crippen molar-refractivity contribution in [1.82, 2.24) is 5.32 Å². The van der Waals surface area contributed by atoms with Gasteiger partial charge in [0.2, 0.25) is 5.91 Å². The number of hydrogen-bond acceptors (Lipinski definition) is 4. The van der Waals surface area contributed by atoms with Gasteiger partial charge in [0.05, 0.1) is 19.4 Å². The van der Waals surface area contributed by atoms with Crippen LogP contribution < -0.4 is 10.2 Å². The Morgan fingerprint density at radius 1 is 1.30 bits per heavy atom. The van der Waals surface area contributed by atoms with Gasteiger partial charge in [0.1, 0.15) is 11.9 Å². The zero-order valence-corrected chi connectivity index (χ0v) is 11.3. The van der Waals surface area contributed by atoms with Crippen molar-refractivity contribution >= 4 is 11.6 Å². The number of anilines is 1. The van der Waals surface area contributed by atoms with Crippen LogP contribution in [0.1, 0.15) is 11.9 Å². The standard InChI is InChI=1S/C15H18N2O3/c1-17(12-6-3-2-4-7-12)11-15(19)16-10-13(18)14-8-5-9-20-14/h2-9,13,18H,10-11H2,1H3,(H,16,19). The number of para-hydroxylation sites is 1. The molecule has 5 nitrogen and oxygen atoms in total. The van der Waals surface area contributed by atoms with Gasteiger partial charge in [-0.3, -0.25) is 4.79 Å². The van der Waals surface area contributed by atoms with Crippen molar-refractivity contribution < 1.29 is 14.3 Å². The average molecular weight is 274 g/mol. The minimum absolute atomic E-state index is 0.134. The van der Waals surface area contributed by atoms with Gasteiger partial charge >= 0.3 is 0 Å². The maximum absolute atomic E-state index is 11.8. The van der Waals surface area contributed by atoms with Crippen LogP contribution in [0.25, 0.3) is 0 Å². The molecule has 0 aliphatic heterocycles. The van der Waals surface area contributed by atoms with E-state index in [9.17, 15) is 9.90 Å². The monoisotopic (exact) mass is 274 g/mol. The first-order chi connectivity index (χ1) is 9.66. The highest BCUT2D eigenvalue weighted by Gasteiger charge is 2.13. The summed E-state index contributed by atoms with van der Waals surface area (Å²) < 4.78 is 5.07. The highest BCUT2D eigenvalue weighted by atomic mass is 16.4. The molecule has 0 bridgehead atoms.